The Hall–Kier alpha value is -1.14. The van der Waals surface area contributed by atoms with Gasteiger partial charge in [-0.05, 0) is 37.1 Å². The Bertz CT molecular complexity index is 536. The lowest BCUT2D eigenvalue weighted by molar-refractivity contribution is -0.0281. The van der Waals surface area contributed by atoms with Gasteiger partial charge in [0, 0.05) is 25.9 Å². The zero-order chi connectivity index (χ0) is 15.0. The lowest BCUT2D eigenvalue weighted by Gasteiger charge is -2.15. The van der Waals surface area contributed by atoms with Crippen molar-refractivity contribution in [1.29, 1.82) is 0 Å². The number of nitrogens with one attached hydrogen (secondary N) is 1. The van der Waals surface area contributed by atoms with E-state index in [-0.39, 0.29) is 12.8 Å². The number of carbonyl (C=O) groups is 1. The number of hydrogen-bond donors (Lipinski definition) is 1. The quantitative estimate of drug-likeness (QED) is 0.380. The van der Waals surface area contributed by atoms with Crippen LogP contribution in [0, 0.1) is 11.8 Å². The Morgan fingerprint density at radius 3 is 2.86 bits per heavy atom. The van der Waals surface area contributed by atoms with Gasteiger partial charge in [-0.2, -0.15) is 5.10 Å². The molecule has 0 aliphatic heterocycles. The molecule has 1 saturated carbocycles. The zero-order valence-corrected chi connectivity index (χ0v) is 14.1. The van der Waals surface area contributed by atoms with E-state index < -0.39 is 8.07 Å². The molecule has 5 nitrogen and oxygen atoms in total. The summed E-state index contributed by atoms with van der Waals surface area (Å²) in [5, 5.41) is 7.14. The van der Waals surface area contributed by atoms with Crippen LogP contribution < -0.4 is 0 Å². The SMILES string of the molecule is C[Si](C)(C)CCOCOC(=O)c1n[nH]c2c1CC1CC1C2. The standard InChI is InChI=1S/C15H24N2O3Si/c1-21(2,3)5-4-19-9-20-15(18)14-12-7-10-6-11(10)8-13(12)16-17-14/h10-11H,4-9H2,1-3H3,(H,16,17). The van der Waals surface area contributed by atoms with Crippen molar-refractivity contribution in [2.75, 3.05) is 13.4 Å². The van der Waals surface area contributed by atoms with E-state index in [0.717, 1.165) is 42.0 Å². The number of fused-ring (bicyclic) bond motifs is 2. The van der Waals surface area contributed by atoms with Crippen LogP contribution in [0.2, 0.25) is 25.7 Å². The molecule has 0 saturated heterocycles. The van der Waals surface area contributed by atoms with Crippen LogP contribution in [0.5, 0.6) is 0 Å². The van der Waals surface area contributed by atoms with Crippen LogP contribution >= 0.6 is 0 Å². The van der Waals surface area contributed by atoms with Crippen LogP contribution in [0.15, 0.2) is 0 Å². The third-order valence-corrected chi connectivity index (χ3v) is 6.12. The summed E-state index contributed by atoms with van der Waals surface area (Å²) in [7, 11) is -1.09. The van der Waals surface area contributed by atoms with E-state index in [1.54, 1.807) is 0 Å². The van der Waals surface area contributed by atoms with E-state index in [4.69, 9.17) is 9.47 Å². The Labute approximate surface area is 126 Å². The highest BCUT2D eigenvalue weighted by molar-refractivity contribution is 6.76. The Balaban J connectivity index is 1.47. The van der Waals surface area contributed by atoms with Crippen LogP contribution in [-0.2, 0) is 22.3 Å². The fraction of sp³-hybridized carbons (Fsp3) is 0.733. The summed E-state index contributed by atoms with van der Waals surface area (Å²) < 4.78 is 10.6. The Morgan fingerprint density at radius 1 is 1.33 bits per heavy atom. The highest BCUT2D eigenvalue weighted by Gasteiger charge is 2.43. The Morgan fingerprint density at radius 2 is 2.10 bits per heavy atom. The van der Waals surface area contributed by atoms with Gasteiger partial charge in [0.15, 0.2) is 12.5 Å². The van der Waals surface area contributed by atoms with Crippen molar-refractivity contribution in [3.8, 4) is 0 Å². The first kappa shape index (κ1) is 14.8. The lowest BCUT2D eigenvalue weighted by Crippen LogP contribution is -2.22. The molecule has 2 atom stereocenters. The maximum atomic E-state index is 12.1. The second-order valence-corrected chi connectivity index (χ2v) is 13.1. The third kappa shape index (κ3) is 3.55. The summed E-state index contributed by atoms with van der Waals surface area (Å²) in [5.74, 6) is 1.21. The molecule has 0 bridgehead atoms. The molecule has 2 aliphatic rings. The molecular weight excluding hydrogens is 284 g/mol. The van der Waals surface area contributed by atoms with Crippen LogP contribution in [-0.4, -0.2) is 37.6 Å². The molecule has 3 rings (SSSR count). The number of nitrogens with zero attached hydrogens (tertiary/aromatic N) is 1. The molecule has 2 aliphatic carbocycles. The summed E-state index contributed by atoms with van der Waals surface area (Å²) in [6, 6.07) is 1.07. The number of H-pyrrole nitrogens is 1. The predicted octanol–water partition coefficient (Wildman–Crippen LogP) is 2.61. The second kappa shape index (κ2) is 5.57. The Kier molecular flexibility index (Phi) is 3.92. The van der Waals surface area contributed by atoms with Crippen molar-refractivity contribution in [2.24, 2.45) is 11.8 Å². The van der Waals surface area contributed by atoms with E-state index in [2.05, 4.69) is 29.8 Å². The summed E-state index contributed by atoms with van der Waals surface area (Å²) in [4.78, 5) is 12.1. The average Bonchev–Trinajstić information content (AvgIpc) is 3.03. The molecule has 0 amide bonds. The van der Waals surface area contributed by atoms with Crippen molar-refractivity contribution in [3.05, 3.63) is 17.0 Å². The molecule has 1 heterocycles. The first-order valence-corrected chi connectivity index (χ1v) is 11.5. The molecule has 1 aromatic rings. The minimum absolute atomic E-state index is 0.0248. The molecule has 0 radical (unpaired) electrons. The molecule has 2 unspecified atom stereocenters. The second-order valence-electron chi connectivity index (χ2n) is 7.46. The number of rotatable bonds is 6. The van der Waals surface area contributed by atoms with Crippen LogP contribution in [0.4, 0.5) is 0 Å². The number of esters is 1. The fourth-order valence-corrected chi connectivity index (χ4v) is 3.65. The number of aromatic amines is 1. The van der Waals surface area contributed by atoms with Gasteiger partial charge < -0.3 is 9.47 Å². The van der Waals surface area contributed by atoms with Crippen molar-refractivity contribution < 1.29 is 14.3 Å². The van der Waals surface area contributed by atoms with Crippen molar-refractivity contribution in [3.63, 3.8) is 0 Å². The topological polar surface area (TPSA) is 64.2 Å². The highest BCUT2D eigenvalue weighted by Crippen LogP contribution is 2.48. The fourth-order valence-electron chi connectivity index (χ4n) is 2.89. The average molecular weight is 308 g/mol. The van der Waals surface area contributed by atoms with Crippen molar-refractivity contribution >= 4 is 14.0 Å². The monoisotopic (exact) mass is 308 g/mol. The number of carbonyl (C=O) groups excluding carboxylic acids is 1. The minimum Gasteiger partial charge on any atom is -0.434 e. The van der Waals surface area contributed by atoms with Gasteiger partial charge in [-0.15, -0.1) is 0 Å². The van der Waals surface area contributed by atoms with Gasteiger partial charge in [0.25, 0.3) is 0 Å². The summed E-state index contributed by atoms with van der Waals surface area (Å²) in [6.07, 6.45) is 3.29. The van der Waals surface area contributed by atoms with Crippen LogP contribution in [0.1, 0.15) is 28.2 Å². The first-order chi connectivity index (χ1) is 9.94. The summed E-state index contributed by atoms with van der Waals surface area (Å²) in [5.41, 5.74) is 2.66. The number of hydrogen-bond acceptors (Lipinski definition) is 4. The summed E-state index contributed by atoms with van der Waals surface area (Å²) in [6.45, 7) is 7.57. The largest absolute Gasteiger partial charge is 0.434 e. The number of ether oxygens (including phenoxy) is 2. The molecule has 1 fully saturated rings. The first-order valence-electron chi connectivity index (χ1n) is 7.75. The van der Waals surface area contributed by atoms with E-state index in [9.17, 15) is 4.79 Å². The van der Waals surface area contributed by atoms with Crippen molar-refractivity contribution in [1.82, 2.24) is 10.2 Å². The normalized spacial score (nSPS) is 23.4. The maximum absolute atomic E-state index is 12.1. The van der Waals surface area contributed by atoms with Crippen LogP contribution in [0.3, 0.4) is 0 Å². The van der Waals surface area contributed by atoms with Gasteiger partial charge in [0.2, 0.25) is 0 Å². The molecule has 0 spiro atoms. The molecule has 6 heteroatoms. The molecular formula is C15H24N2O3Si. The van der Waals surface area contributed by atoms with E-state index in [1.165, 1.54) is 6.42 Å². The van der Waals surface area contributed by atoms with Crippen molar-refractivity contribution in [2.45, 2.75) is 44.9 Å². The molecule has 116 valence electrons. The highest BCUT2D eigenvalue weighted by atomic mass is 28.3. The number of aromatic nitrogens is 2. The van der Waals surface area contributed by atoms with Gasteiger partial charge >= 0.3 is 5.97 Å². The predicted molar refractivity (Wildman–Crippen MR) is 82.0 cm³/mol. The van der Waals surface area contributed by atoms with Gasteiger partial charge in [-0.1, -0.05) is 19.6 Å². The van der Waals surface area contributed by atoms with Gasteiger partial charge in [-0.25, -0.2) is 4.79 Å². The van der Waals surface area contributed by atoms with Gasteiger partial charge in [0.05, 0.1) is 0 Å². The van der Waals surface area contributed by atoms with E-state index in [0.29, 0.717) is 12.3 Å². The lowest BCUT2D eigenvalue weighted by atomic mass is 9.96. The summed E-state index contributed by atoms with van der Waals surface area (Å²) >= 11 is 0. The minimum atomic E-state index is -1.09. The molecule has 21 heavy (non-hydrogen) atoms. The molecule has 1 N–H and O–H groups in total. The third-order valence-electron chi connectivity index (χ3n) is 4.42. The zero-order valence-electron chi connectivity index (χ0n) is 13.1. The van der Waals surface area contributed by atoms with E-state index in [1.807, 2.05) is 0 Å². The molecule has 0 aromatic carbocycles. The van der Waals surface area contributed by atoms with E-state index >= 15 is 0 Å². The van der Waals surface area contributed by atoms with Gasteiger partial charge in [-0.3, -0.25) is 5.10 Å². The molecule has 1 aromatic heterocycles. The van der Waals surface area contributed by atoms with Crippen LogP contribution in [0.25, 0.3) is 0 Å². The maximum Gasteiger partial charge on any atom is 0.361 e. The smallest absolute Gasteiger partial charge is 0.361 e. The van der Waals surface area contributed by atoms with Gasteiger partial charge in [0.1, 0.15) is 0 Å².